The van der Waals surface area contributed by atoms with Crippen molar-refractivity contribution in [2.24, 2.45) is 0 Å². The first kappa shape index (κ1) is 8.95. The zero-order valence-corrected chi connectivity index (χ0v) is 6.17. The zero-order chi connectivity index (χ0) is 7.82. The van der Waals surface area contributed by atoms with E-state index in [1.165, 1.54) is 6.92 Å². The van der Waals surface area contributed by atoms with Crippen molar-refractivity contribution in [3.63, 3.8) is 0 Å². The van der Waals surface area contributed by atoms with Crippen molar-refractivity contribution < 1.29 is 9.53 Å². The highest BCUT2D eigenvalue weighted by molar-refractivity contribution is 5.65. The first-order valence-electron chi connectivity index (χ1n) is 3.16. The Morgan fingerprint density at radius 2 is 2.30 bits per heavy atom. The van der Waals surface area contributed by atoms with Crippen molar-refractivity contribution in [3.05, 3.63) is 24.8 Å². The summed E-state index contributed by atoms with van der Waals surface area (Å²) in [5.41, 5.74) is 0. The molecule has 2 nitrogen and oxygen atoms in total. The van der Waals surface area contributed by atoms with Gasteiger partial charge in [0.2, 0.25) is 0 Å². The molecule has 0 unspecified atom stereocenters. The number of esters is 1. The topological polar surface area (TPSA) is 26.3 Å². The van der Waals surface area contributed by atoms with Crippen LogP contribution < -0.4 is 0 Å². The van der Waals surface area contributed by atoms with E-state index in [9.17, 15) is 4.79 Å². The lowest BCUT2D eigenvalue weighted by Crippen LogP contribution is -1.97. The predicted octanol–water partition coefficient (Wildman–Crippen LogP) is 1.68. The van der Waals surface area contributed by atoms with Crippen LogP contribution in [0, 0.1) is 0 Å². The molecule has 0 fully saturated rings. The summed E-state index contributed by atoms with van der Waals surface area (Å²) in [7, 11) is 0. The van der Waals surface area contributed by atoms with Gasteiger partial charge in [0.05, 0.1) is 0 Å². The maximum Gasteiger partial charge on any atom is 0.302 e. The number of ether oxygens (including phenoxy) is 1. The summed E-state index contributed by atoms with van der Waals surface area (Å²) in [4.78, 5) is 10.2. The second-order valence-electron chi connectivity index (χ2n) is 1.80. The number of hydrogen-bond acceptors (Lipinski definition) is 2. The maximum atomic E-state index is 10.2. The van der Waals surface area contributed by atoms with E-state index in [4.69, 9.17) is 0 Å². The van der Waals surface area contributed by atoms with Gasteiger partial charge in [0, 0.05) is 6.92 Å². The van der Waals surface area contributed by atoms with Crippen molar-refractivity contribution in [2.45, 2.75) is 13.3 Å². The van der Waals surface area contributed by atoms with Crippen LogP contribution in [0.25, 0.3) is 0 Å². The number of hydrogen-bond donors (Lipinski definition) is 0. The van der Waals surface area contributed by atoms with Crippen LogP contribution in [-0.2, 0) is 9.53 Å². The first-order valence-corrected chi connectivity index (χ1v) is 3.16. The molecule has 0 amide bonds. The third-order valence-corrected chi connectivity index (χ3v) is 0.852. The highest BCUT2D eigenvalue weighted by Gasteiger charge is 1.84. The lowest BCUT2D eigenvalue weighted by atomic mass is 10.4. The van der Waals surface area contributed by atoms with E-state index in [0.29, 0.717) is 6.61 Å². The molecule has 0 aromatic carbocycles. The van der Waals surface area contributed by atoms with Gasteiger partial charge >= 0.3 is 5.97 Å². The molecule has 0 atom stereocenters. The average molecular weight is 140 g/mol. The first-order chi connectivity index (χ1) is 4.77. The summed E-state index contributed by atoms with van der Waals surface area (Å²) in [5, 5.41) is 0. The van der Waals surface area contributed by atoms with E-state index >= 15 is 0 Å². The number of rotatable bonds is 4. The van der Waals surface area contributed by atoms with Gasteiger partial charge in [-0.15, -0.1) is 6.58 Å². The second-order valence-corrected chi connectivity index (χ2v) is 1.80. The van der Waals surface area contributed by atoms with Crippen LogP contribution in [0.4, 0.5) is 0 Å². The molecule has 56 valence electrons. The summed E-state index contributed by atoms with van der Waals surface area (Å²) in [5.74, 6) is -0.247. The molecule has 0 aromatic heterocycles. The average Bonchev–Trinajstić information content (AvgIpc) is 1.87. The van der Waals surface area contributed by atoms with Gasteiger partial charge in [0.15, 0.2) is 0 Å². The van der Waals surface area contributed by atoms with Crippen LogP contribution in [0.2, 0.25) is 0 Å². The van der Waals surface area contributed by atoms with Gasteiger partial charge in [-0.2, -0.15) is 0 Å². The lowest BCUT2D eigenvalue weighted by Gasteiger charge is -1.92. The molecule has 0 bridgehead atoms. The summed E-state index contributed by atoms with van der Waals surface area (Å²) in [6, 6.07) is 0. The third kappa shape index (κ3) is 6.95. The van der Waals surface area contributed by atoms with E-state index < -0.39 is 0 Å². The normalized spacial score (nSPS) is 9.70. The van der Waals surface area contributed by atoms with E-state index in [1.54, 1.807) is 12.2 Å². The van der Waals surface area contributed by atoms with Crippen molar-refractivity contribution in [3.8, 4) is 0 Å². The van der Waals surface area contributed by atoms with Gasteiger partial charge < -0.3 is 4.74 Å². The van der Waals surface area contributed by atoms with Gasteiger partial charge in [-0.3, -0.25) is 4.79 Å². The Morgan fingerprint density at radius 3 is 2.80 bits per heavy atom. The zero-order valence-electron chi connectivity index (χ0n) is 6.17. The van der Waals surface area contributed by atoms with Gasteiger partial charge in [-0.05, 0) is 6.42 Å². The Labute approximate surface area is 61.2 Å². The molecule has 10 heavy (non-hydrogen) atoms. The molecule has 0 aromatic rings. The molecule has 0 saturated heterocycles. The van der Waals surface area contributed by atoms with Crippen LogP contribution in [0.15, 0.2) is 24.8 Å². The Bertz CT molecular complexity index is 136. The fourth-order valence-corrected chi connectivity index (χ4v) is 0.426. The Balaban J connectivity index is 3.18. The van der Waals surface area contributed by atoms with E-state index in [0.717, 1.165) is 6.42 Å². The number of carbonyl (C=O) groups excluding carboxylic acids is 1. The highest BCUT2D eigenvalue weighted by Crippen LogP contribution is 1.84. The standard InChI is InChI=1S/C8H12O2/c1-3-4-5-6-7-10-8(2)9/h3,5-6H,1,4,7H2,2H3. The number of allylic oxidation sites excluding steroid dienone is 2. The smallest absolute Gasteiger partial charge is 0.302 e. The third-order valence-electron chi connectivity index (χ3n) is 0.852. The van der Waals surface area contributed by atoms with Gasteiger partial charge in [0.25, 0.3) is 0 Å². The van der Waals surface area contributed by atoms with Crippen LogP contribution in [0.1, 0.15) is 13.3 Å². The predicted molar refractivity (Wildman–Crippen MR) is 40.6 cm³/mol. The molecular weight excluding hydrogens is 128 g/mol. The number of carbonyl (C=O) groups is 1. The summed E-state index contributed by atoms with van der Waals surface area (Å²) in [6.45, 7) is 5.29. The molecule has 0 N–H and O–H groups in total. The fourth-order valence-electron chi connectivity index (χ4n) is 0.426. The SMILES string of the molecule is C=CCC=CCOC(C)=O. The molecule has 0 aliphatic carbocycles. The van der Waals surface area contributed by atoms with Crippen LogP contribution in [0.5, 0.6) is 0 Å². The minimum absolute atomic E-state index is 0.247. The van der Waals surface area contributed by atoms with Gasteiger partial charge in [0.1, 0.15) is 6.61 Å². The lowest BCUT2D eigenvalue weighted by molar-refractivity contribution is -0.139. The molecule has 0 rings (SSSR count). The van der Waals surface area contributed by atoms with Crippen LogP contribution >= 0.6 is 0 Å². The highest BCUT2D eigenvalue weighted by atomic mass is 16.5. The molecule has 0 spiro atoms. The summed E-state index contributed by atoms with van der Waals surface area (Å²) >= 11 is 0. The van der Waals surface area contributed by atoms with Crippen LogP contribution in [-0.4, -0.2) is 12.6 Å². The molecule has 0 aliphatic rings. The van der Waals surface area contributed by atoms with E-state index in [1.807, 2.05) is 6.08 Å². The largest absolute Gasteiger partial charge is 0.462 e. The molecule has 0 saturated carbocycles. The maximum absolute atomic E-state index is 10.2. The van der Waals surface area contributed by atoms with Crippen LogP contribution in [0.3, 0.4) is 0 Å². The van der Waals surface area contributed by atoms with Gasteiger partial charge in [-0.1, -0.05) is 18.2 Å². The Hall–Kier alpha value is -1.05. The molecular formula is C8H12O2. The van der Waals surface area contributed by atoms with Crippen molar-refractivity contribution >= 4 is 5.97 Å². The molecule has 2 heteroatoms. The second kappa shape index (κ2) is 6.08. The van der Waals surface area contributed by atoms with E-state index in [-0.39, 0.29) is 5.97 Å². The Kier molecular flexibility index (Phi) is 5.44. The van der Waals surface area contributed by atoms with E-state index in [2.05, 4.69) is 11.3 Å². The molecule has 0 heterocycles. The van der Waals surface area contributed by atoms with Crippen molar-refractivity contribution in [1.29, 1.82) is 0 Å². The molecule has 0 radical (unpaired) electrons. The Morgan fingerprint density at radius 1 is 1.60 bits per heavy atom. The van der Waals surface area contributed by atoms with Crippen molar-refractivity contribution in [1.82, 2.24) is 0 Å². The minimum atomic E-state index is -0.247. The molecule has 0 aliphatic heterocycles. The fraction of sp³-hybridized carbons (Fsp3) is 0.375. The monoisotopic (exact) mass is 140 g/mol. The summed E-state index contributed by atoms with van der Waals surface area (Å²) < 4.78 is 4.63. The van der Waals surface area contributed by atoms with Crippen molar-refractivity contribution in [2.75, 3.05) is 6.61 Å². The van der Waals surface area contributed by atoms with Gasteiger partial charge in [-0.25, -0.2) is 0 Å². The summed E-state index contributed by atoms with van der Waals surface area (Å²) in [6.07, 6.45) is 6.30. The quantitative estimate of drug-likeness (QED) is 0.438. The minimum Gasteiger partial charge on any atom is -0.462 e.